The molecule has 0 aliphatic heterocycles. The number of fused-ring (bicyclic) bond motifs is 1. The molecular formula is C12H12Cl2N2OS. The minimum Gasteiger partial charge on any atom is -0.314 e. The fraction of sp³-hybridized carbons (Fsp3) is 0.500. The first kappa shape index (κ1) is 13.7. The zero-order chi connectivity index (χ0) is 13.3. The second-order valence-electron chi connectivity index (χ2n) is 4.46. The van der Waals surface area contributed by atoms with Crippen LogP contribution in [-0.2, 0) is 17.6 Å². The topological polar surface area (TPSA) is 52.9 Å². The molecule has 1 aromatic rings. The number of amides is 1. The number of nitrogens with zero attached hydrogens (tertiary/aromatic N) is 1. The molecule has 1 heterocycles. The Hall–Kier alpha value is -0.760. The summed E-state index contributed by atoms with van der Waals surface area (Å²) in [6.07, 6.45) is 2.95. The maximum atomic E-state index is 11.5. The lowest BCUT2D eigenvalue weighted by Crippen LogP contribution is -2.18. The number of anilines is 1. The fourth-order valence-electron chi connectivity index (χ4n) is 2.12. The lowest BCUT2D eigenvalue weighted by molar-refractivity contribution is -0.114. The number of thiophene rings is 1. The molecule has 0 radical (unpaired) electrons. The van der Waals surface area contributed by atoms with E-state index in [-0.39, 0.29) is 0 Å². The van der Waals surface area contributed by atoms with Crippen LogP contribution >= 0.6 is 34.5 Å². The molecule has 6 heteroatoms. The maximum Gasteiger partial charge on any atom is 0.258 e. The van der Waals surface area contributed by atoms with Crippen LogP contribution in [0.2, 0.25) is 0 Å². The van der Waals surface area contributed by atoms with E-state index in [9.17, 15) is 10.1 Å². The van der Waals surface area contributed by atoms with Crippen LogP contribution in [0, 0.1) is 17.2 Å². The largest absolute Gasteiger partial charge is 0.314 e. The summed E-state index contributed by atoms with van der Waals surface area (Å²) in [7, 11) is 0. The van der Waals surface area contributed by atoms with Crippen molar-refractivity contribution in [1.29, 1.82) is 5.26 Å². The van der Waals surface area contributed by atoms with Crippen LogP contribution in [0.3, 0.4) is 0 Å². The van der Waals surface area contributed by atoms with Crippen LogP contribution in [-0.4, -0.2) is 10.7 Å². The lowest BCUT2D eigenvalue weighted by Gasteiger charge is -2.17. The first-order valence-electron chi connectivity index (χ1n) is 5.66. The van der Waals surface area contributed by atoms with E-state index in [1.807, 2.05) is 0 Å². The number of carbonyl (C=O) groups excluding carboxylic acids is 1. The highest BCUT2D eigenvalue weighted by atomic mass is 35.5. The molecule has 1 aromatic heterocycles. The van der Waals surface area contributed by atoms with Crippen molar-refractivity contribution in [3.05, 3.63) is 16.0 Å². The van der Waals surface area contributed by atoms with Crippen LogP contribution in [0.5, 0.6) is 0 Å². The quantitative estimate of drug-likeness (QED) is 0.850. The second-order valence-corrected chi connectivity index (χ2v) is 6.66. The average molecular weight is 303 g/mol. The summed E-state index contributed by atoms with van der Waals surface area (Å²) >= 11 is 12.5. The molecule has 1 aliphatic rings. The molecule has 2 rings (SSSR count). The summed E-state index contributed by atoms with van der Waals surface area (Å²) in [4.78, 5) is 11.6. The van der Waals surface area contributed by atoms with Crippen molar-refractivity contribution in [2.45, 2.75) is 31.0 Å². The van der Waals surface area contributed by atoms with Gasteiger partial charge in [-0.15, -0.1) is 11.3 Å². The van der Waals surface area contributed by atoms with Crippen LogP contribution in [0.25, 0.3) is 0 Å². The summed E-state index contributed by atoms with van der Waals surface area (Å²) in [5.41, 5.74) is 1.65. The molecule has 0 spiro atoms. The standard InChI is InChI=1S/C12H12Cl2N2OS/c1-6-2-3-7-8(5-15)12(18-9(7)4-6)16-11(17)10(13)14/h6,10H,2-4H2,1H3,(H,16,17)/t6-/m0/s1. The van der Waals surface area contributed by atoms with Crippen LogP contribution < -0.4 is 5.32 Å². The molecule has 0 saturated heterocycles. The Labute approximate surface area is 120 Å². The Morgan fingerprint density at radius 3 is 2.94 bits per heavy atom. The van der Waals surface area contributed by atoms with Gasteiger partial charge in [0, 0.05) is 4.88 Å². The van der Waals surface area contributed by atoms with Crippen molar-refractivity contribution in [2.24, 2.45) is 5.92 Å². The molecular weight excluding hydrogens is 291 g/mol. The number of nitriles is 1. The van der Waals surface area contributed by atoms with Gasteiger partial charge in [-0.25, -0.2) is 0 Å². The first-order chi connectivity index (χ1) is 8.52. The van der Waals surface area contributed by atoms with Crippen molar-refractivity contribution in [3.63, 3.8) is 0 Å². The van der Waals surface area contributed by atoms with Gasteiger partial charge in [-0.2, -0.15) is 5.26 Å². The molecule has 1 N–H and O–H groups in total. The summed E-state index contributed by atoms with van der Waals surface area (Å²) in [5, 5.41) is 12.4. The fourth-order valence-corrected chi connectivity index (χ4v) is 3.60. The van der Waals surface area contributed by atoms with Gasteiger partial charge >= 0.3 is 0 Å². The van der Waals surface area contributed by atoms with E-state index in [0.717, 1.165) is 24.8 Å². The summed E-state index contributed by atoms with van der Waals surface area (Å²) in [5.74, 6) is 0.140. The normalized spacial score (nSPS) is 18.3. The first-order valence-corrected chi connectivity index (χ1v) is 7.35. The van der Waals surface area contributed by atoms with Crippen molar-refractivity contribution >= 4 is 45.4 Å². The molecule has 0 bridgehead atoms. The Bertz CT molecular complexity index is 519. The molecule has 18 heavy (non-hydrogen) atoms. The highest BCUT2D eigenvalue weighted by Crippen LogP contribution is 2.39. The van der Waals surface area contributed by atoms with E-state index in [1.165, 1.54) is 16.2 Å². The minimum absolute atomic E-state index is 0.485. The zero-order valence-electron chi connectivity index (χ0n) is 9.80. The van der Waals surface area contributed by atoms with Gasteiger partial charge in [-0.05, 0) is 30.7 Å². The molecule has 0 fully saturated rings. The van der Waals surface area contributed by atoms with E-state index >= 15 is 0 Å². The number of hydrogen-bond acceptors (Lipinski definition) is 3. The van der Waals surface area contributed by atoms with Crippen LogP contribution in [0.1, 0.15) is 29.3 Å². The monoisotopic (exact) mass is 302 g/mol. The van der Waals surface area contributed by atoms with Crippen molar-refractivity contribution in [1.82, 2.24) is 0 Å². The summed E-state index contributed by atoms with van der Waals surface area (Å²) < 4.78 is 0. The SMILES string of the molecule is C[C@H]1CCc2c(sc(NC(=O)C(Cl)Cl)c2C#N)C1. The molecule has 1 amide bonds. The Morgan fingerprint density at radius 2 is 2.33 bits per heavy atom. The number of carbonyl (C=O) groups is 1. The van der Waals surface area contributed by atoms with E-state index < -0.39 is 10.7 Å². The van der Waals surface area contributed by atoms with E-state index in [1.54, 1.807) is 0 Å². The predicted octanol–water partition coefficient (Wildman–Crippen LogP) is 3.49. The number of halogens is 2. The van der Waals surface area contributed by atoms with Gasteiger partial charge in [-0.3, -0.25) is 4.79 Å². The molecule has 0 aromatic carbocycles. The van der Waals surface area contributed by atoms with Crippen molar-refractivity contribution in [3.8, 4) is 6.07 Å². The zero-order valence-corrected chi connectivity index (χ0v) is 12.1. The number of alkyl halides is 2. The number of nitrogens with one attached hydrogen (secondary N) is 1. The van der Waals surface area contributed by atoms with Gasteiger partial charge in [0.2, 0.25) is 0 Å². The Morgan fingerprint density at radius 1 is 1.61 bits per heavy atom. The van der Waals surface area contributed by atoms with Gasteiger partial charge < -0.3 is 5.32 Å². The predicted molar refractivity (Wildman–Crippen MR) is 74.3 cm³/mol. The molecule has 1 aliphatic carbocycles. The lowest BCUT2D eigenvalue weighted by atomic mass is 9.89. The maximum absolute atomic E-state index is 11.5. The summed E-state index contributed by atoms with van der Waals surface area (Å²) in [6, 6.07) is 2.17. The molecule has 96 valence electrons. The highest BCUT2D eigenvalue weighted by molar-refractivity contribution is 7.16. The third kappa shape index (κ3) is 2.64. The number of hydrogen-bond donors (Lipinski definition) is 1. The van der Waals surface area contributed by atoms with Crippen LogP contribution in [0.4, 0.5) is 5.00 Å². The van der Waals surface area contributed by atoms with Crippen molar-refractivity contribution in [2.75, 3.05) is 5.32 Å². The van der Waals surface area contributed by atoms with Gasteiger partial charge in [-0.1, -0.05) is 30.1 Å². The van der Waals surface area contributed by atoms with Gasteiger partial charge in [0.1, 0.15) is 11.1 Å². The van der Waals surface area contributed by atoms with Crippen LogP contribution in [0.15, 0.2) is 0 Å². The average Bonchev–Trinajstić information content (AvgIpc) is 2.64. The van der Waals surface area contributed by atoms with E-state index in [2.05, 4.69) is 18.3 Å². The Kier molecular flexibility index (Phi) is 4.16. The second kappa shape index (κ2) is 5.48. The van der Waals surface area contributed by atoms with E-state index in [0.29, 0.717) is 16.5 Å². The van der Waals surface area contributed by atoms with Gasteiger partial charge in [0.25, 0.3) is 5.91 Å². The van der Waals surface area contributed by atoms with Gasteiger partial charge in [0.05, 0.1) is 5.56 Å². The molecule has 0 saturated carbocycles. The van der Waals surface area contributed by atoms with Crippen molar-refractivity contribution < 1.29 is 4.79 Å². The van der Waals surface area contributed by atoms with E-state index in [4.69, 9.17) is 23.2 Å². The Balaban J connectivity index is 2.32. The smallest absolute Gasteiger partial charge is 0.258 e. The summed E-state index contributed by atoms with van der Waals surface area (Å²) in [6.45, 7) is 2.19. The third-order valence-corrected chi connectivity index (χ3v) is 4.62. The molecule has 1 atom stereocenters. The molecule has 3 nitrogen and oxygen atoms in total. The minimum atomic E-state index is -1.12. The molecule has 0 unspecified atom stereocenters. The number of rotatable bonds is 2. The third-order valence-electron chi connectivity index (χ3n) is 3.06. The van der Waals surface area contributed by atoms with Gasteiger partial charge in [0.15, 0.2) is 4.84 Å². The highest BCUT2D eigenvalue weighted by Gasteiger charge is 2.25.